The zero-order valence-electron chi connectivity index (χ0n) is 6.21. The molecule has 0 radical (unpaired) electrons. The molecule has 0 saturated carbocycles. The van der Waals surface area contributed by atoms with Crippen LogP contribution in [0.3, 0.4) is 0 Å². The summed E-state index contributed by atoms with van der Waals surface area (Å²) in [5.41, 5.74) is 0. The first-order valence-corrected chi connectivity index (χ1v) is 3.23. The van der Waals surface area contributed by atoms with Crippen molar-refractivity contribution in [3.05, 3.63) is 0 Å². The van der Waals surface area contributed by atoms with Gasteiger partial charge < -0.3 is 19.7 Å². The Labute approximate surface area is 72.1 Å². The third-order valence-corrected chi connectivity index (χ3v) is 1.33. The highest BCUT2D eigenvalue weighted by Gasteiger charge is 2.39. The minimum atomic E-state index is -2.01. The summed E-state index contributed by atoms with van der Waals surface area (Å²) in [5.74, 6) is -2.55. The summed E-state index contributed by atoms with van der Waals surface area (Å²) in [6.45, 7) is 0. The molecule has 0 amide bonds. The van der Waals surface area contributed by atoms with Crippen LogP contribution in [0, 0.1) is 11.3 Å². The van der Waals surface area contributed by atoms with E-state index in [4.69, 9.17) is 15.5 Å². The Morgan fingerprint density at radius 3 is 1.85 bits per heavy atom. The molecule has 0 spiro atoms. The molecule has 2 unspecified atom stereocenters. The SMILES string of the molecule is N#CC1OC(=O)C(O)C(O)C(=O)O1. The van der Waals surface area contributed by atoms with Gasteiger partial charge in [-0.25, -0.2) is 9.59 Å². The molecule has 1 rings (SSSR count). The molecule has 7 nitrogen and oxygen atoms in total. The number of ether oxygens (including phenoxy) is 2. The highest BCUT2D eigenvalue weighted by Crippen LogP contribution is 2.09. The van der Waals surface area contributed by atoms with Crippen LogP contribution in [-0.4, -0.2) is 40.6 Å². The van der Waals surface area contributed by atoms with E-state index in [2.05, 4.69) is 9.47 Å². The molecule has 0 aliphatic carbocycles. The maximum atomic E-state index is 10.7. The number of aliphatic hydroxyl groups excluding tert-OH is 2. The zero-order chi connectivity index (χ0) is 10.0. The summed E-state index contributed by atoms with van der Waals surface area (Å²) >= 11 is 0. The van der Waals surface area contributed by atoms with Gasteiger partial charge in [-0.2, -0.15) is 5.26 Å². The fourth-order valence-corrected chi connectivity index (χ4v) is 0.685. The highest BCUT2D eigenvalue weighted by molar-refractivity contribution is 5.86. The van der Waals surface area contributed by atoms with Gasteiger partial charge in [-0.15, -0.1) is 0 Å². The molecule has 1 aliphatic rings. The third kappa shape index (κ3) is 1.74. The van der Waals surface area contributed by atoms with Crippen molar-refractivity contribution in [2.24, 2.45) is 0 Å². The van der Waals surface area contributed by atoms with Crippen LogP contribution < -0.4 is 0 Å². The van der Waals surface area contributed by atoms with Crippen molar-refractivity contribution in [1.29, 1.82) is 5.26 Å². The first kappa shape index (κ1) is 9.44. The van der Waals surface area contributed by atoms with E-state index in [1.165, 1.54) is 6.07 Å². The van der Waals surface area contributed by atoms with Gasteiger partial charge in [0, 0.05) is 0 Å². The number of esters is 2. The van der Waals surface area contributed by atoms with Crippen molar-refractivity contribution in [2.75, 3.05) is 0 Å². The highest BCUT2D eigenvalue weighted by atomic mass is 16.7. The first-order valence-electron chi connectivity index (χ1n) is 3.23. The number of rotatable bonds is 0. The van der Waals surface area contributed by atoms with Crippen molar-refractivity contribution in [2.45, 2.75) is 18.5 Å². The number of aliphatic hydroxyl groups is 2. The normalized spacial score (nSPS) is 34.1. The minimum Gasteiger partial charge on any atom is -0.409 e. The summed E-state index contributed by atoms with van der Waals surface area (Å²) < 4.78 is 8.32. The minimum absolute atomic E-state index is 1.27. The molecule has 1 saturated heterocycles. The average molecular weight is 187 g/mol. The Morgan fingerprint density at radius 2 is 1.54 bits per heavy atom. The summed E-state index contributed by atoms with van der Waals surface area (Å²) in [6.07, 6.45) is -5.73. The molecular formula is C6H5NO6. The quantitative estimate of drug-likeness (QED) is 0.408. The summed E-state index contributed by atoms with van der Waals surface area (Å²) in [6, 6.07) is 1.34. The molecule has 0 aromatic carbocycles. The molecule has 1 aliphatic heterocycles. The standard InChI is InChI=1S/C6H5NO6/c7-1-2-12-5(10)3(8)4(9)6(11)13-2/h2-4,8-9H. The Kier molecular flexibility index (Phi) is 2.46. The summed E-state index contributed by atoms with van der Waals surface area (Å²) in [7, 11) is 0. The van der Waals surface area contributed by atoms with Gasteiger partial charge in [0.15, 0.2) is 18.3 Å². The van der Waals surface area contributed by atoms with E-state index in [9.17, 15) is 9.59 Å². The Bertz CT molecular complexity index is 259. The molecule has 1 heterocycles. The van der Waals surface area contributed by atoms with Gasteiger partial charge in [0.25, 0.3) is 0 Å². The van der Waals surface area contributed by atoms with Crippen LogP contribution in [0.5, 0.6) is 0 Å². The van der Waals surface area contributed by atoms with Crippen molar-refractivity contribution in [3.8, 4) is 6.07 Å². The Balaban J connectivity index is 2.86. The van der Waals surface area contributed by atoms with Gasteiger partial charge in [-0.3, -0.25) is 0 Å². The van der Waals surface area contributed by atoms with Crippen LogP contribution in [0.4, 0.5) is 0 Å². The van der Waals surface area contributed by atoms with E-state index >= 15 is 0 Å². The van der Waals surface area contributed by atoms with Crippen LogP contribution >= 0.6 is 0 Å². The van der Waals surface area contributed by atoms with Crippen molar-refractivity contribution >= 4 is 11.9 Å². The fraction of sp³-hybridized carbons (Fsp3) is 0.500. The first-order chi connectivity index (χ1) is 6.06. The average Bonchev–Trinajstić information content (AvgIpc) is 2.20. The fourth-order valence-electron chi connectivity index (χ4n) is 0.685. The lowest BCUT2D eigenvalue weighted by Crippen LogP contribution is -2.38. The number of nitriles is 1. The van der Waals surface area contributed by atoms with E-state index in [0.29, 0.717) is 0 Å². The number of nitrogens with zero attached hydrogens (tertiary/aromatic N) is 1. The van der Waals surface area contributed by atoms with Gasteiger partial charge in [-0.1, -0.05) is 0 Å². The van der Waals surface area contributed by atoms with E-state index in [1.54, 1.807) is 0 Å². The monoisotopic (exact) mass is 187 g/mol. The Morgan fingerprint density at radius 1 is 1.15 bits per heavy atom. The zero-order valence-corrected chi connectivity index (χ0v) is 6.21. The topological polar surface area (TPSA) is 117 Å². The van der Waals surface area contributed by atoms with Crippen LogP contribution in [0.15, 0.2) is 0 Å². The van der Waals surface area contributed by atoms with Crippen LogP contribution in [0.2, 0.25) is 0 Å². The number of carbonyl (C=O) groups is 2. The molecule has 70 valence electrons. The molecule has 1 fully saturated rings. The van der Waals surface area contributed by atoms with E-state index in [1.807, 2.05) is 0 Å². The van der Waals surface area contributed by atoms with Gasteiger partial charge >= 0.3 is 18.2 Å². The lowest BCUT2D eigenvalue weighted by atomic mass is 10.2. The van der Waals surface area contributed by atoms with E-state index in [0.717, 1.165) is 0 Å². The van der Waals surface area contributed by atoms with Gasteiger partial charge in [0.2, 0.25) is 0 Å². The Hall–Kier alpha value is -1.65. The van der Waals surface area contributed by atoms with Crippen molar-refractivity contribution in [1.82, 2.24) is 0 Å². The van der Waals surface area contributed by atoms with Crippen molar-refractivity contribution < 1.29 is 29.3 Å². The molecule has 2 atom stereocenters. The van der Waals surface area contributed by atoms with E-state index < -0.39 is 30.4 Å². The summed E-state index contributed by atoms with van der Waals surface area (Å²) in [5, 5.41) is 26.0. The molecular weight excluding hydrogens is 182 g/mol. The smallest absolute Gasteiger partial charge is 0.342 e. The van der Waals surface area contributed by atoms with Crippen LogP contribution in [0.1, 0.15) is 0 Å². The molecule has 0 bridgehead atoms. The third-order valence-electron chi connectivity index (χ3n) is 1.33. The number of hydrogen-bond donors (Lipinski definition) is 2. The lowest BCUT2D eigenvalue weighted by molar-refractivity contribution is -0.173. The second kappa shape index (κ2) is 3.38. The summed E-state index contributed by atoms with van der Waals surface area (Å²) in [4.78, 5) is 21.4. The lowest BCUT2D eigenvalue weighted by Gasteiger charge is -2.06. The maximum Gasteiger partial charge on any atom is 0.342 e. The largest absolute Gasteiger partial charge is 0.409 e. The molecule has 0 aromatic heterocycles. The second-order valence-corrected chi connectivity index (χ2v) is 2.22. The molecule has 13 heavy (non-hydrogen) atoms. The number of cyclic esters (lactones) is 2. The van der Waals surface area contributed by atoms with Gasteiger partial charge in [-0.05, 0) is 0 Å². The number of hydrogen-bond acceptors (Lipinski definition) is 7. The van der Waals surface area contributed by atoms with Gasteiger partial charge in [0.05, 0.1) is 0 Å². The molecule has 2 N–H and O–H groups in total. The molecule has 7 heteroatoms. The van der Waals surface area contributed by atoms with Crippen LogP contribution in [-0.2, 0) is 19.1 Å². The van der Waals surface area contributed by atoms with Crippen molar-refractivity contribution in [3.63, 3.8) is 0 Å². The second-order valence-electron chi connectivity index (χ2n) is 2.22. The van der Waals surface area contributed by atoms with Crippen LogP contribution in [0.25, 0.3) is 0 Å². The van der Waals surface area contributed by atoms with Gasteiger partial charge in [0.1, 0.15) is 0 Å². The molecule has 0 aromatic rings. The predicted molar refractivity (Wildman–Crippen MR) is 33.6 cm³/mol. The number of carbonyl (C=O) groups excluding carboxylic acids is 2. The maximum absolute atomic E-state index is 10.7. The predicted octanol–water partition coefficient (Wildman–Crippen LogP) is -2.34. The van der Waals surface area contributed by atoms with E-state index in [-0.39, 0.29) is 0 Å².